The molecule has 1 N–H and O–H groups in total. The third-order valence-electron chi connectivity index (χ3n) is 3.43. The lowest BCUT2D eigenvalue weighted by Crippen LogP contribution is -2.30. The lowest BCUT2D eigenvalue weighted by Gasteiger charge is -2.15. The molecule has 0 aliphatic rings. The standard InChI is InChI=1S/C16H17N3O6/c1-10(15(20)17-12-6-4-5-7-14(12)24-3)25-16(21)13-8-11(19(22)23)9-18(13)2/h4-10H,1-3H3,(H,17,20). The molecule has 1 amide bonds. The molecule has 9 heteroatoms. The molecule has 0 saturated heterocycles. The molecule has 2 aromatic rings. The maximum Gasteiger partial charge on any atom is 0.355 e. The summed E-state index contributed by atoms with van der Waals surface area (Å²) in [4.78, 5) is 34.4. The number of aromatic nitrogens is 1. The maximum absolute atomic E-state index is 12.2. The molecule has 1 aromatic carbocycles. The third kappa shape index (κ3) is 4.14. The van der Waals surface area contributed by atoms with Crippen molar-refractivity contribution < 1.29 is 24.0 Å². The van der Waals surface area contributed by atoms with Crippen LogP contribution in [-0.4, -0.2) is 34.6 Å². The number of anilines is 1. The molecule has 0 spiro atoms. The van der Waals surface area contributed by atoms with Gasteiger partial charge in [0.2, 0.25) is 0 Å². The number of carbonyl (C=O) groups excluding carboxylic acids is 2. The van der Waals surface area contributed by atoms with Crippen LogP contribution in [0.1, 0.15) is 17.4 Å². The highest BCUT2D eigenvalue weighted by Crippen LogP contribution is 2.23. The number of rotatable bonds is 6. The summed E-state index contributed by atoms with van der Waals surface area (Å²) in [6.45, 7) is 1.40. The van der Waals surface area contributed by atoms with E-state index in [-0.39, 0.29) is 11.4 Å². The predicted molar refractivity (Wildman–Crippen MR) is 88.6 cm³/mol. The summed E-state index contributed by atoms with van der Waals surface area (Å²) in [7, 11) is 2.94. The number of hydrogen-bond acceptors (Lipinski definition) is 6. The van der Waals surface area contributed by atoms with Crippen molar-refractivity contribution >= 4 is 23.3 Å². The topological polar surface area (TPSA) is 113 Å². The maximum atomic E-state index is 12.2. The van der Waals surface area contributed by atoms with Gasteiger partial charge in [0.05, 0.1) is 23.9 Å². The van der Waals surface area contributed by atoms with Gasteiger partial charge in [0, 0.05) is 13.1 Å². The van der Waals surface area contributed by atoms with E-state index in [4.69, 9.17) is 9.47 Å². The Labute approximate surface area is 143 Å². The third-order valence-corrected chi connectivity index (χ3v) is 3.43. The first-order valence-electron chi connectivity index (χ1n) is 7.29. The molecule has 9 nitrogen and oxygen atoms in total. The van der Waals surface area contributed by atoms with E-state index in [1.54, 1.807) is 24.3 Å². The molecule has 132 valence electrons. The normalized spacial score (nSPS) is 11.5. The van der Waals surface area contributed by atoms with E-state index in [9.17, 15) is 19.7 Å². The summed E-state index contributed by atoms with van der Waals surface area (Å²) in [5.41, 5.74) is 0.177. The van der Waals surface area contributed by atoms with Gasteiger partial charge in [-0.2, -0.15) is 0 Å². The lowest BCUT2D eigenvalue weighted by atomic mass is 10.2. The minimum atomic E-state index is -1.11. The number of para-hydroxylation sites is 2. The van der Waals surface area contributed by atoms with Gasteiger partial charge in [-0.15, -0.1) is 0 Å². The minimum absolute atomic E-state index is 0.0244. The van der Waals surface area contributed by atoms with Crippen LogP contribution in [0.2, 0.25) is 0 Å². The van der Waals surface area contributed by atoms with Crippen LogP contribution in [0.25, 0.3) is 0 Å². The van der Waals surface area contributed by atoms with E-state index in [2.05, 4.69) is 5.32 Å². The van der Waals surface area contributed by atoms with Crippen LogP contribution < -0.4 is 10.1 Å². The molecular formula is C16H17N3O6. The van der Waals surface area contributed by atoms with E-state index in [1.807, 2.05) is 0 Å². The van der Waals surface area contributed by atoms with Crippen LogP contribution in [0, 0.1) is 10.1 Å². The quantitative estimate of drug-likeness (QED) is 0.486. The number of methoxy groups -OCH3 is 1. The van der Waals surface area contributed by atoms with Crippen LogP contribution in [0.15, 0.2) is 36.5 Å². The smallest absolute Gasteiger partial charge is 0.355 e. The second-order valence-corrected chi connectivity index (χ2v) is 5.19. The fourth-order valence-corrected chi connectivity index (χ4v) is 2.11. The van der Waals surface area contributed by atoms with Crippen LogP contribution in [0.3, 0.4) is 0 Å². The molecule has 0 bridgehead atoms. The number of aryl methyl sites for hydroxylation is 1. The Morgan fingerprint density at radius 3 is 2.60 bits per heavy atom. The first-order chi connectivity index (χ1) is 11.8. The van der Waals surface area contributed by atoms with Crippen molar-refractivity contribution in [1.29, 1.82) is 0 Å². The van der Waals surface area contributed by atoms with Crippen molar-refractivity contribution in [1.82, 2.24) is 4.57 Å². The summed E-state index contributed by atoms with van der Waals surface area (Å²) in [6.07, 6.45) is 0.0854. The van der Waals surface area contributed by atoms with Gasteiger partial charge in [-0.25, -0.2) is 4.79 Å². The van der Waals surface area contributed by atoms with Gasteiger partial charge in [0.15, 0.2) is 6.10 Å². The molecule has 1 aromatic heterocycles. The van der Waals surface area contributed by atoms with E-state index in [0.29, 0.717) is 11.4 Å². The largest absolute Gasteiger partial charge is 0.495 e. The number of hydrogen-bond donors (Lipinski definition) is 1. The molecule has 2 rings (SSSR count). The number of esters is 1. The second kappa shape index (κ2) is 7.47. The number of benzene rings is 1. The molecular weight excluding hydrogens is 330 g/mol. The number of amides is 1. The number of nitro groups is 1. The fraction of sp³-hybridized carbons (Fsp3) is 0.250. The highest BCUT2D eigenvalue weighted by atomic mass is 16.6. The number of nitrogens with one attached hydrogen (secondary N) is 1. The molecule has 1 heterocycles. The van der Waals surface area contributed by atoms with Crippen LogP contribution in [0.5, 0.6) is 5.75 Å². The molecule has 1 unspecified atom stereocenters. The summed E-state index contributed by atoms with van der Waals surface area (Å²) in [5.74, 6) is -0.924. The van der Waals surface area contributed by atoms with Gasteiger partial charge in [-0.05, 0) is 19.1 Å². The van der Waals surface area contributed by atoms with E-state index in [1.165, 1.54) is 31.8 Å². The van der Waals surface area contributed by atoms with Crippen molar-refractivity contribution in [3.8, 4) is 5.75 Å². The molecule has 0 radical (unpaired) electrons. The fourth-order valence-electron chi connectivity index (χ4n) is 2.11. The molecule has 0 fully saturated rings. The average molecular weight is 347 g/mol. The van der Waals surface area contributed by atoms with Gasteiger partial charge in [-0.3, -0.25) is 14.9 Å². The Kier molecular flexibility index (Phi) is 5.38. The van der Waals surface area contributed by atoms with Gasteiger partial charge in [0.1, 0.15) is 11.4 Å². The summed E-state index contributed by atoms with van der Waals surface area (Å²) < 4.78 is 11.5. The Balaban J connectivity index is 2.05. The SMILES string of the molecule is COc1ccccc1NC(=O)C(C)OC(=O)c1cc([N+](=O)[O-])cn1C. The second-order valence-electron chi connectivity index (χ2n) is 5.19. The Morgan fingerprint density at radius 2 is 2.00 bits per heavy atom. The van der Waals surface area contributed by atoms with Gasteiger partial charge in [-0.1, -0.05) is 12.1 Å². The van der Waals surface area contributed by atoms with Crippen LogP contribution in [0.4, 0.5) is 11.4 Å². The predicted octanol–water partition coefficient (Wildman–Crippen LogP) is 2.13. The molecule has 25 heavy (non-hydrogen) atoms. The van der Waals surface area contributed by atoms with Gasteiger partial charge in [0.25, 0.3) is 11.6 Å². The molecule has 0 aliphatic heterocycles. The molecule has 0 aliphatic carbocycles. The Bertz CT molecular complexity index is 814. The Hall–Kier alpha value is -3.36. The van der Waals surface area contributed by atoms with Crippen molar-refractivity contribution in [3.63, 3.8) is 0 Å². The van der Waals surface area contributed by atoms with Crippen molar-refractivity contribution in [2.75, 3.05) is 12.4 Å². The van der Waals surface area contributed by atoms with E-state index in [0.717, 1.165) is 6.07 Å². The zero-order valence-corrected chi connectivity index (χ0v) is 13.9. The number of ether oxygens (including phenoxy) is 2. The van der Waals surface area contributed by atoms with E-state index >= 15 is 0 Å². The summed E-state index contributed by atoms with van der Waals surface area (Å²) in [6, 6.07) is 7.88. The average Bonchev–Trinajstić information content (AvgIpc) is 2.97. The van der Waals surface area contributed by atoms with Crippen molar-refractivity contribution in [2.24, 2.45) is 7.05 Å². The molecule has 0 saturated carbocycles. The first-order valence-corrected chi connectivity index (χ1v) is 7.29. The Morgan fingerprint density at radius 1 is 1.32 bits per heavy atom. The van der Waals surface area contributed by atoms with Crippen molar-refractivity contribution in [2.45, 2.75) is 13.0 Å². The first kappa shape index (κ1) is 18.0. The van der Waals surface area contributed by atoms with Gasteiger partial charge >= 0.3 is 5.97 Å². The number of nitrogens with zero attached hydrogens (tertiary/aromatic N) is 2. The zero-order chi connectivity index (χ0) is 18.6. The molecule has 1 atom stereocenters. The zero-order valence-electron chi connectivity index (χ0n) is 13.9. The highest BCUT2D eigenvalue weighted by molar-refractivity contribution is 5.98. The monoisotopic (exact) mass is 347 g/mol. The summed E-state index contributed by atoms with van der Waals surface area (Å²) in [5, 5.41) is 13.3. The van der Waals surface area contributed by atoms with Crippen LogP contribution >= 0.6 is 0 Å². The lowest BCUT2D eigenvalue weighted by molar-refractivity contribution is -0.384. The number of carbonyl (C=O) groups is 2. The van der Waals surface area contributed by atoms with Gasteiger partial charge < -0.3 is 19.4 Å². The summed E-state index contributed by atoms with van der Waals surface area (Å²) >= 11 is 0. The minimum Gasteiger partial charge on any atom is -0.495 e. The van der Waals surface area contributed by atoms with Crippen molar-refractivity contribution in [3.05, 3.63) is 52.3 Å². The van der Waals surface area contributed by atoms with E-state index < -0.39 is 22.9 Å². The highest BCUT2D eigenvalue weighted by Gasteiger charge is 2.24. The van der Waals surface area contributed by atoms with Crippen LogP contribution in [-0.2, 0) is 16.6 Å².